The van der Waals surface area contributed by atoms with Gasteiger partial charge >= 0.3 is 0 Å². The Labute approximate surface area is 148 Å². The molecule has 5 nitrogen and oxygen atoms in total. The van der Waals surface area contributed by atoms with Crippen LogP contribution in [-0.2, 0) is 9.53 Å². The zero-order chi connectivity index (χ0) is 17.6. The number of carbonyl (C=O) groups is 1. The van der Waals surface area contributed by atoms with Crippen LogP contribution in [0.3, 0.4) is 0 Å². The van der Waals surface area contributed by atoms with E-state index in [0.717, 1.165) is 22.6 Å². The Balaban J connectivity index is 1.54. The first-order valence-corrected chi connectivity index (χ1v) is 8.45. The van der Waals surface area contributed by atoms with Crippen molar-refractivity contribution in [3.05, 3.63) is 53.6 Å². The molecule has 1 fully saturated rings. The molecule has 0 N–H and O–H groups in total. The van der Waals surface area contributed by atoms with Gasteiger partial charge in [0.25, 0.3) is 5.91 Å². The van der Waals surface area contributed by atoms with Crippen LogP contribution < -0.4 is 9.47 Å². The van der Waals surface area contributed by atoms with Crippen molar-refractivity contribution in [3.63, 3.8) is 0 Å². The number of hydrogen-bond donors (Lipinski definition) is 0. The minimum absolute atomic E-state index is 0.0149. The molecule has 5 heteroatoms. The monoisotopic (exact) mass is 341 g/mol. The molecule has 2 aromatic carbocycles. The fraction of sp³-hybridized carbons (Fsp3) is 0.350. The van der Waals surface area contributed by atoms with Crippen molar-refractivity contribution in [2.75, 3.05) is 32.9 Å². The highest BCUT2D eigenvalue weighted by Gasteiger charge is 2.17. The van der Waals surface area contributed by atoms with Crippen molar-refractivity contribution in [3.8, 4) is 17.2 Å². The average molecular weight is 341 g/mol. The molecule has 132 valence electrons. The number of rotatable bonds is 5. The van der Waals surface area contributed by atoms with E-state index in [9.17, 15) is 4.79 Å². The molecular weight excluding hydrogens is 318 g/mol. The van der Waals surface area contributed by atoms with Crippen LogP contribution in [0.5, 0.6) is 17.2 Å². The number of benzene rings is 2. The van der Waals surface area contributed by atoms with Gasteiger partial charge in [0, 0.05) is 13.1 Å². The Bertz CT molecular complexity index is 701. The summed E-state index contributed by atoms with van der Waals surface area (Å²) in [5, 5.41) is 0. The summed E-state index contributed by atoms with van der Waals surface area (Å²) in [5.74, 6) is 2.18. The minimum atomic E-state index is -0.0149. The van der Waals surface area contributed by atoms with E-state index in [2.05, 4.69) is 6.07 Å². The van der Waals surface area contributed by atoms with Gasteiger partial charge < -0.3 is 19.1 Å². The van der Waals surface area contributed by atoms with Gasteiger partial charge in [-0.25, -0.2) is 0 Å². The van der Waals surface area contributed by atoms with Gasteiger partial charge in [-0.1, -0.05) is 6.07 Å². The summed E-state index contributed by atoms with van der Waals surface area (Å²) in [6.45, 7) is 6.57. The average Bonchev–Trinajstić information content (AvgIpc) is 2.61. The largest absolute Gasteiger partial charge is 0.484 e. The van der Waals surface area contributed by atoms with E-state index in [0.29, 0.717) is 32.1 Å². The van der Waals surface area contributed by atoms with Crippen LogP contribution >= 0.6 is 0 Å². The van der Waals surface area contributed by atoms with Gasteiger partial charge in [0.15, 0.2) is 6.61 Å². The van der Waals surface area contributed by atoms with Crippen LogP contribution in [0.1, 0.15) is 11.1 Å². The third-order valence-corrected chi connectivity index (χ3v) is 3.98. The standard InChI is InChI=1S/C20H23NO4/c1-15-11-16(2)13-19(12-15)25-18-5-3-17(4-6-18)24-14-20(22)21-7-9-23-10-8-21/h3-6,11-13H,7-10,14H2,1-2H3. The maximum absolute atomic E-state index is 12.1. The number of aryl methyl sites for hydroxylation is 2. The van der Waals surface area contributed by atoms with Gasteiger partial charge in [-0.3, -0.25) is 4.79 Å². The second-order valence-electron chi connectivity index (χ2n) is 6.18. The van der Waals surface area contributed by atoms with Gasteiger partial charge in [-0.05, 0) is 61.4 Å². The lowest BCUT2D eigenvalue weighted by Crippen LogP contribution is -2.42. The number of hydrogen-bond acceptors (Lipinski definition) is 4. The van der Waals surface area contributed by atoms with Crippen molar-refractivity contribution in [1.29, 1.82) is 0 Å². The Morgan fingerprint density at radius 1 is 0.960 bits per heavy atom. The summed E-state index contributed by atoms with van der Waals surface area (Å²) < 4.78 is 16.7. The predicted molar refractivity (Wildman–Crippen MR) is 95.3 cm³/mol. The number of morpholine rings is 1. The van der Waals surface area contributed by atoms with E-state index < -0.39 is 0 Å². The van der Waals surface area contributed by atoms with Crippen LogP contribution in [0.25, 0.3) is 0 Å². The lowest BCUT2D eigenvalue weighted by atomic mass is 10.1. The Kier molecular flexibility index (Phi) is 5.56. The summed E-state index contributed by atoms with van der Waals surface area (Å²) in [6, 6.07) is 13.4. The van der Waals surface area contributed by atoms with E-state index in [1.165, 1.54) is 0 Å². The number of carbonyl (C=O) groups excluding carboxylic acids is 1. The van der Waals surface area contributed by atoms with Crippen molar-refractivity contribution < 1.29 is 19.0 Å². The Morgan fingerprint density at radius 2 is 1.56 bits per heavy atom. The SMILES string of the molecule is Cc1cc(C)cc(Oc2ccc(OCC(=O)N3CCOCC3)cc2)c1. The molecule has 0 aromatic heterocycles. The highest BCUT2D eigenvalue weighted by atomic mass is 16.5. The van der Waals surface area contributed by atoms with E-state index in [-0.39, 0.29) is 12.5 Å². The molecule has 1 heterocycles. The Hall–Kier alpha value is -2.53. The molecule has 0 bridgehead atoms. The summed E-state index contributed by atoms with van der Waals surface area (Å²) >= 11 is 0. The third-order valence-electron chi connectivity index (χ3n) is 3.98. The van der Waals surface area contributed by atoms with Gasteiger partial charge in [0.2, 0.25) is 0 Å². The van der Waals surface area contributed by atoms with Gasteiger partial charge in [0.1, 0.15) is 17.2 Å². The predicted octanol–water partition coefficient (Wildman–Crippen LogP) is 3.33. The minimum Gasteiger partial charge on any atom is -0.484 e. The summed E-state index contributed by atoms with van der Waals surface area (Å²) in [6.07, 6.45) is 0. The first-order chi connectivity index (χ1) is 12.1. The van der Waals surface area contributed by atoms with Crippen LogP contribution in [0.2, 0.25) is 0 Å². The summed E-state index contributed by atoms with van der Waals surface area (Å²) in [4.78, 5) is 13.8. The lowest BCUT2D eigenvalue weighted by molar-refractivity contribution is -0.137. The highest BCUT2D eigenvalue weighted by molar-refractivity contribution is 5.77. The van der Waals surface area contributed by atoms with E-state index >= 15 is 0 Å². The molecule has 1 aliphatic heterocycles. The van der Waals surface area contributed by atoms with E-state index in [1.54, 1.807) is 4.90 Å². The maximum atomic E-state index is 12.1. The number of nitrogens with zero attached hydrogens (tertiary/aromatic N) is 1. The van der Waals surface area contributed by atoms with E-state index in [1.807, 2.05) is 50.2 Å². The van der Waals surface area contributed by atoms with Crippen molar-refractivity contribution in [1.82, 2.24) is 4.90 Å². The van der Waals surface area contributed by atoms with Crippen LogP contribution in [0.4, 0.5) is 0 Å². The van der Waals surface area contributed by atoms with Crippen LogP contribution in [0.15, 0.2) is 42.5 Å². The smallest absolute Gasteiger partial charge is 0.260 e. The van der Waals surface area contributed by atoms with Gasteiger partial charge in [0.05, 0.1) is 13.2 Å². The molecule has 25 heavy (non-hydrogen) atoms. The Morgan fingerprint density at radius 3 is 2.20 bits per heavy atom. The van der Waals surface area contributed by atoms with Crippen molar-refractivity contribution in [2.24, 2.45) is 0 Å². The molecule has 1 saturated heterocycles. The summed E-state index contributed by atoms with van der Waals surface area (Å²) in [7, 11) is 0. The highest BCUT2D eigenvalue weighted by Crippen LogP contribution is 2.25. The molecular formula is C20H23NO4. The summed E-state index contributed by atoms with van der Waals surface area (Å²) in [5.41, 5.74) is 2.33. The van der Waals surface area contributed by atoms with Crippen LogP contribution in [0, 0.1) is 13.8 Å². The molecule has 1 aliphatic rings. The normalized spacial score (nSPS) is 14.2. The molecule has 0 atom stereocenters. The van der Waals surface area contributed by atoms with Crippen LogP contribution in [-0.4, -0.2) is 43.7 Å². The molecule has 2 aromatic rings. The van der Waals surface area contributed by atoms with E-state index in [4.69, 9.17) is 14.2 Å². The second kappa shape index (κ2) is 8.03. The molecule has 0 unspecified atom stereocenters. The van der Waals surface area contributed by atoms with Crippen molar-refractivity contribution >= 4 is 5.91 Å². The molecule has 0 aliphatic carbocycles. The molecule has 0 spiro atoms. The topological polar surface area (TPSA) is 48.0 Å². The number of ether oxygens (including phenoxy) is 3. The lowest BCUT2D eigenvalue weighted by Gasteiger charge is -2.26. The third kappa shape index (κ3) is 4.97. The quantitative estimate of drug-likeness (QED) is 0.837. The first kappa shape index (κ1) is 17.3. The fourth-order valence-electron chi connectivity index (χ4n) is 2.78. The zero-order valence-corrected chi connectivity index (χ0v) is 14.7. The zero-order valence-electron chi connectivity index (χ0n) is 14.7. The molecule has 0 saturated carbocycles. The fourth-order valence-corrected chi connectivity index (χ4v) is 2.78. The maximum Gasteiger partial charge on any atom is 0.260 e. The number of amides is 1. The van der Waals surface area contributed by atoms with Crippen molar-refractivity contribution in [2.45, 2.75) is 13.8 Å². The van der Waals surface area contributed by atoms with Gasteiger partial charge in [-0.2, -0.15) is 0 Å². The molecule has 0 radical (unpaired) electrons. The first-order valence-electron chi connectivity index (χ1n) is 8.45. The van der Waals surface area contributed by atoms with Gasteiger partial charge in [-0.15, -0.1) is 0 Å². The molecule has 3 rings (SSSR count). The molecule has 1 amide bonds. The second-order valence-corrected chi connectivity index (χ2v) is 6.18.